The van der Waals surface area contributed by atoms with Gasteiger partial charge in [-0.15, -0.1) is 11.3 Å². The van der Waals surface area contributed by atoms with Crippen LogP contribution in [-0.2, 0) is 0 Å². The molecule has 0 spiro atoms. The van der Waals surface area contributed by atoms with Crippen molar-refractivity contribution in [3.05, 3.63) is 10.6 Å². The number of anilines is 1. The Kier molecular flexibility index (Phi) is 4.01. The van der Waals surface area contributed by atoms with E-state index in [0.717, 1.165) is 43.5 Å². The van der Waals surface area contributed by atoms with Crippen LogP contribution in [0.2, 0.25) is 0 Å². The van der Waals surface area contributed by atoms with E-state index in [1.54, 1.807) is 11.3 Å². The number of likely N-dealkylation sites (N-methyl/N-ethyl adjacent to an activating group) is 1. The lowest BCUT2D eigenvalue weighted by Gasteiger charge is -2.33. The second kappa shape index (κ2) is 5.33. The van der Waals surface area contributed by atoms with Gasteiger partial charge in [-0.05, 0) is 20.4 Å². The number of piperazine rings is 1. The number of thiazole rings is 1. The third-order valence-corrected chi connectivity index (χ3v) is 4.74. The van der Waals surface area contributed by atoms with Crippen LogP contribution in [0.25, 0.3) is 0 Å². The van der Waals surface area contributed by atoms with Crippen molar-refractivity contribution >= 4 is 16.5 Å². The lowest BCUT2D eigenvalue weighted by molar-refractivity contribution is 0.271. The Bertz CT molecular complexity index is 367. The molecule has 1 saturated heterocycles. The highest BCUT2D eigenvalue weighted by Crippen LogP contribution is 2.30. The first kappa shape index (κ1) is 12.8. The first-order chi connectivity index (χ1) is 8.11. The van der Waals surface area contributed by atoms with E-state index in [9.17, 15) is 0 Å². The molecule has 5 heteroatoms. The first-order valence-electron chi connectivity index (χ1n) is 6.32. The zero-order valence-corrected chi connectivity index (χ0v) is 11.8. The number of aromatic nitrogens is 1. The Labute approximate surface area is 107 Å². The van der Waals surface area contributed by atoms with Crippen LogP contribution in [0.5, 0.6) is 0 Å². The van der Waals surface area contributed by atoms with E-state index in [4.69, 9.17) is 5.73 Å². The summed E-state index contributed by atoms with van der Waals surface area (Å²) in [7, 11) is 0. The standard InChI is InChI=1S/C12H22N4S/c1-4-15-5-7-16(8-6-15)12-14-10(3)11(17-12)9(2)13/h9H,4-8,13H2,1-3H3. The summed E-state index contributed by atoms with van der Waals surface area (Å²) in [5.74, 6) is 0. The molecule has 2 rings (SSSR count). The molecule has 1 aromatic heterocycles. The summed E-state index contributed by atoms with van der Waals surface area (Å²) in [6.07, 6.45) is 0. The van der Waals surface area contributed by atoms with Crippen LogP contribution in [-0.4, -0.2) is 42.6 Å². The highest BCUT2D eigenvalue weighted by molar-refractivity contribution is 7.15. The maximum absolute atomic E-state index is 5.94. The first-order valence-corrected chi connectivity index (χ1v) is 7.13. The monoisotopic (exact) mass is 254 g/mol. The summed E-state index contributed by atoms with van der Waals surface area (Å²) in [6.45, 7) is 11.9. The SMILES string of the molecule is CCN1CCN(c2nc(C)c(C(C)N)s2)CC1. The second-order valence-corrected chi connectivity index (χ2v) is 5.67. The lowest BCUT2D eigenvalue weighted by atomic mass is 10.2. The minimum Gasteiger partial charge on any atom is -0.346 e. The highest BCUT2D eigenvalue weighted by Gasteiger charge is 2.20. The highest BCUT2D eigenvalue weighted by atomic mass is 32.1. The molecule has 1 aliphatic heterocycles. The molecule has 4 nitrogen and oxygen atoms in total. The fourth-order valence-electron chi connectivity index (χ4n) is 2.21. The third kappa shape index (κ3) is 2.78. The molecule has 1 unspecified atom stereocenters. The van der Waals surface area contributed by atoms with Gasteiger partial charge in [-0.3, -0.25) is 0 Å². The zero-order valence-electron chi connectivity index (χ0n) is 10.9. The van der Waals surface area contributed by atoms with E-state index in [2.05, 4.69) is 28.6 Å². The van der Waals surface area contributed by atoms with Crippen LogP contribution < -0.4 is 10.6 Å². The van der Waals surface area contributed by atoms with Gasteiger partial charge in [0.25, 0.3) is 0 Å². The average Bonchev–Trinajstić information content (AvgIpc) is 2.71. The molecule has 0 bridgehead atoms. The number of nitrogens with zero attached hydrogens (tertiary/aromatic N) is 3. The third-order valence-electron chi connectivity index (χ3n) is 3.32. The van der Waals surface area contributed by atoms with E-state index >= 15 is 0 Å². The minimum absolute atomic E-state index is 0.0955. The molecule has 0 aliphatic carbocycles. The van der Waals surface area contributed by atoms with Crippen molar-refractivity contribution in [1.82, 2.24) is 9.88 Å². The predicted octanol–water partition coefficient (Wildman–Crippen LogP) is 1.61. The maximum Gasteiger partial charge on any atom is 0.185 e. The van der Waals surface area contributed by atoms with Crippen molar-refractivity contribution in [3.8, 4) is 0 Å². The number of rotatable bonds is 3. The summed E-state index contributed by atoms with van der Waals surface area (Å²) in [4.78, 5) is 10.7. The zero-order chi connectivity index (χ0) is 12.4. The van der Waals surface area contributed by atoms with Crippen LogP contribution in [0.4, 0.5) is 5.13 Å². The van der Waals surface area contributed by atoms with E-state index < -0.39 is 0 Å². The van der Waals surface area contributed by atoms with Crippen LogP contribution in [0.15, 0.2) is 0 Å². The molecule has 0 saturated carbocycles. The Hall–Kier alpha value is -0.650. The Balaban J connectivity index is 2.06. The molecular weight excluding hydrogens is 232 g/mol. The van der Waals surface area contributed by atoms with E-state index in [1.807, 2.05) is 6.92 Å². The van der Waals surface area contributed by atoms with E-state index in [-0.39, 0.29) is 6.04 Å². The molecule has 96 valence electrons. The number of aryl methyl sites for hydroxylation is 1. The molecule has 2 N–H and O–H groups in total. The van der Waals surface area contributed by atoms with Gasteiger partial charge < -0.3 is 15.5 Å². The Morgan fingerprint density at radius 3 is 2.47 bits per heavy atom. The van der Waals surface area contributed by atoms with Crippen LogP contribution in [0.3, 0.4) is 0 Å². The molecule has 17 heavy (non-hydrogen) atoms. The summed E-state index contributed by atoms with van der Waals surface area (Å²) in [6, 6.07) is 0.0955. The smallest absolute Gasteiger partial charge is 0.185 e. The topological polar surface area (TPSA) is 45.4 Å². The van der Waals surface area contributed by atoms with Crippen molar-refractivity contribution < 1.29 is 0 Å². The molecule has 1 aliphatic rings. The molecule has 1 fully saturated rings. The van der Waals surface area contributed by atoms with Crippen molar-refractivity contribution in [2.24, 2.45) is 5.73 Å². The number of nitrogens with two attached hydrogens (primary N) is 1. The predicted molar refractivity (Wildman–Crippen MR) is 73.8 cm³/mol. The largest absolute Gasteiger partial charge is 0.346 e. The minimum atomic E-state index is 0.0955. The Morgan fingerprint density at radius 1 is 1.35 bits per heavy atom. The van der Waals surface area contributed by atoms with Gasteiger partial charge in [0.1, 0.15) is 0 Å². The number of hydrogen-bond donors (Lipinski definition) is 1. The van der Waals surface area contributed by atoms with Crippen molar-refractivity contribution in [2.75, 3.05) is 37.6 Å². The molecule has 0 aromatic carbocycles. The second-order valence-electron chi connectivity index (χ2n) is 4.66. The molecule has 0 radical (unpaired) electrons. The lowest BCUT2D eigenvalue weighted by Crippen LogP contribution is -2.46. The van der Waals surface area contributed by atoms with Crippen molar-refractivity contribution in [2.45, 2.75) is 26.8 Å². The summed E-state index contributed by atoms with van der Waals surface area (Å²) in [5.41, 5.74) is 7.04. The van der Waals surface area contributed by atoms with Gasteiger partial charge in [0.15, 0.2) is 5.13 Å². The van der Waals surface area contributed by atoms with Gasteiger partial charge in [-0.1, -0.05) is 6.92 Å². The summed E-state index contributed by atoms with van der Waals surface area (Å²) in [5, 5.41) is 1.14. The fraction of sp³-hybridized carbons (Fsp3) is 0.750. The van der Waals surface area contributed by atoms with Crippen LogP contribution in [0, 0.1) is 6.92 Å². The van der Waals surface area contributed by atoms with Gasteiger partial charge in [0.2, 0.25) is 0 Å². The van der Waals surface area contributed by atoms with Crippen molar-refractivity contribution in [1.29, 1.82) is 0 Å². The molecule has 2 heterocycles. The van der Waals surface area contributed by atoms with Gasteiger partial charge in [-0.2, -0.15) is 0 Å². The van der Waals surface area contributed by atoms with Gasteiger partial charge in [0.05, 0.1) is 5.69 Å². The fourth-order valence-corrected chi connectivity index (χ4v) is 3.28. The summed E-state index contributed by atoms with van der Waals surface area (Å²) >= 11 is 1.75. The van der Waals surface area contributed by atoms with Gasteiger partial charge in [-0.25, -0.2) is 4.98 Å². The van der Waals surface area contributed by atoms with E-state index in [0.29, 0.717) is 0 Å². The van der Waals surface area contributed by atoms with Gasteiger partial charge >= 0.3 is 0 Å². The van der Waals surface area contributed by atoms with Gasteiger partial charge in [0, 0.05) is 37.1 Å². The quantitative estimate of drug-likeness (QED) is 0.890. The van der Waals surface area contributed by atoms with Crippen LogP contribution >= 0.6 is 11.3 Å². The average molecular weight is 254 g/mol. The molecule has 1 aromatic rings. The molecular formula is C12H22N4S. The molecule has 1 atom stereocenters. The number of hydrogen-bond acceptors (Lipinski definition) is 5. The molecule has 0 amide bonds. The summed E-state index contributed by atoms with van der Waals surface area (Å²) < 4.78 is 0. The van der Waals surface area contributed by atoms with Crippen LogP contribution in [0.1, 0.15) is 30.5 Å². The van der Waals surface area contributed by atoms with Crippen molar-refractivity contribution in [3.63, 3.8) is 0 Å². The normalized spacial score (nSPS) is 19.6. The maximum atomic E-state index is 5.94. The van der Waals surface area contributed by atoms with E-state index in [1.165, 1.54) is 4.88 Å². The Morgan fingerprint density at radius 2 is 2.00 bits per heavy atom.